The van der Waals surface area contributed by atoms with E-state index in [2.05, 4.69) is 67.1 Å². The molecule has 0 bridgehead atoms. The van der Waals surface area contributed by atoms with Crippen LogP contribution in [0.2, 0.25) is 0 Å². The summed E-state index contributed by atoms with van der Waals surface area (Å²) in [5.74, 6) is 0.832. The molecule has 1 aromatic rings. The van der Waals surface area contributed by atoms with Crippen molar-refractivity contribution in [2.75, 3.05) is 6.54 Å². The average molecular weight is 354 g/mol. The molecule has 1 nitrogen and oxygen atoms in total. The second kappa shape index (κ2) is 10.4. The van der Waals surface area contributed by atoms with Crippen molar-refractivity contribution in [3.05, 3.63) is 33.8 Å². The van der Waals surface area contributed by atoms with E-state index in [1.165, 1.54) is 54.1 Å². The highest BCUT2D eigenvalue weighted by Crippen LogP contribution is 2.29. The number of halogens is 1. The standard InChI is InChI=1S/C19H32BrN/c1-5-8-9-16(7-3)13-19(21-10-6-2)17-11-15(4)12-18(20)14-17/h11-12,14,16,19,21H,5-10,13H2,1-4H3. The van der Waals surface area contributed by atoms with Gasteiger partial charge < -0.3 is 5.32 Å². The van der Waals surface area contributed by atoms with Gasteiger partial charge in [-0.05, 0) is 55.5 Å². The van der Waals surface area contributed by atoms with Crippen molar-refractivity contribution < 1.29 is 0 Å². The lowest BCUT2D eigenvalue weighted by molar-refractivity contribution is 0.353. The minimum absolute atomic E-state index is 0.489. The number of rotatable bonds is 10. The molecule has 0 amide bonds. The van der Waals surface area contributed by atoms with Gasteiger partial charge in [-0.2, -0.15) is 0 Å². The fourth-order valence-electron chi connectivity index (χ4n) is 2.94. The molecule has 0 heterocycles. The smallest absolute Gasteiger partial charge is 0.0323 e. The summed E-state index contributed by atoms with van der Waals surface area (Å²) in [5, 5.41) is 3.76. The molecule has 21 heavy (non-hydrogen) atoms. The van der Waals surface area contributed by atoms with Crippen LogP contribution in [0.15, 0.2) is 22.7 Å². The zero-order valence-corrected chi connectivity index (χ0v) is 15.8. The van der Waals surface area contributed by atoms with E-state index in [9.17, 15) is 0 Å². The van der Waals surface area contributed by atoms with Crippen molar-refractivity contribution in [2.24, 2.45) is 5.92 Å². The lowest BCUT2D eigenvalue weighted by Crippen LogP contribution is -2.24. The third-order valence-electron chi connectivity index (χ3n) is 4.22. The summed E-state index contributed by atoms with van der Waals surface area (Å²) in [4.78, 5) is 0. The summed E-state index contributed by atoms with van der Waals surface area (Å²) >= 11 is 3.65. The van der Waals surface area contributed by atoms with Crippen LogP contribution in [-0.4, -0.2) is 6.54 Å². The first-order valence-corrected chi connectivity index (χ1v) is 9.40. The van der Waals surface area contributed by atoms with Crippen molar-refractivity contribution in [3.8, 4) is 0 Å². The summed E-state index contributed by atoms with van der Waals surface area (Å²) < 4.78 is 1.20. The van der Waals surface area contributed by atoms with Gasteiger partial charge in [0, 0.05) is 10.5 Å². The summed E-state index contributed by atoms with van der Waals surface area (Å²) in [6, 6.07) is 7.30. The van der Waals surface area contributed by atoms with Crippen LogP contribution in [-0.2, 0) is 0 Å². The molecule has 1 rings (SSSR count). The molecule has 0 radical (unpaired) electrons. The summed E-state index contributed by atoms with van der Waals surface area (Å²) in [6.45, 7) is 10.1. The van der Waals surface area contributed by atoms with Gasteiger partial charge in [-0.1, -0.05) is 68.5 Å². The summed E-state index contributed by atoms with van der Waals surface area (Å²) in [6.07, 6.45) is 7.76. The predicted molar refractivity (Wildman–Crippen MR) is 97.8 cm³/mol. The molecular formula is C19H32BrN. The maximum absolute atomic E-state index is 3.76. The zero-order chi connectivity index (χ0) is 15.7. The highest BCUT2D eigenvalue weighted by Gasteiger charge is 2.17. The summed E-state index contributed by atoms with van der Waals surface area (Å²) in [7, 11) is 0. The highest BCUT2D eigenvalue weighted by atomic mass is 79.9. The van der Waals surface area contributed by atoms with Gasteiger partial charge in [0.15, 0.2) is 0 Å². The molecule has 2 atom stereocenters. The van der Waals surface area contributed by atoms with E-state index in [0.29, 0.717) is 6.04 Å². The van der Waals surface area contributed by atoms with Crippen molar-refractivity contribution in [1.29, 1.82) is 0 Å². The Morgan fingerprint density at radius 3 is 2.43 bits per heavy atom. The van der Waals surface area contributed by atoms with Crippen molar-refractivity contribution >= 4 is 15.9 Å². The van der Waals surface area contributed by atoms with E-state index in [1.54, 1.807) is 0 Å². The van der Waals surface area contributed by atoms with Crippen molar-refractivity contribution in [3.63, 3.8) is 0 Å². The van der Waals surface area contributed by atoms with Gasteiger partial charge >= 0.3 is 0 Å². The van der Waals surface area contributed by atoms with Crippen LogP contribution in [0.5, 0.6) is 0 Å². The van der Waals surface area contributed by atoms with Gasteiger partial charge in [-0.25, -0.2) is 0 Å². The maximum Gasteiger partial charge on any atom is 0.0323 e. The van der Waals surface area contributed by atoms with Gasteiger partial charge in [0.1, 0.15) is 0 Å². The van der Waals surface area contributed by atoms with Crippen molar-refractivity contribution in [1.82, 2.24) is 5.32 Å². The largest absolute Gasteiger partial charge is 0.310 e. The van der Waals surface area contributed by atoms with Crippen LogP contribution >= 0.6 is 15.9 Å². The van der Waals surface area contributed by atoms with E-state index in [-0.39, 0.29) is 0 Å². The number of hydrogen-bond acceptors (Lipinski definition) is 1. The SMILES string of the molecule is CCCCC(CC)CC(NCCC)c1cc(C)cc(Br)c1. The molecular weight excluding hydrogens is 322 g/mol. The van der Waals surface area contributed by atoms with Crippen LogP contribution in [0, 0.1) is 12.8 Å². The quantitative estimate of drug-likeness (QED) is 0.512. The first-order chi connectivity index (χ1) is 10.1. The molecule has 120 valence electrons. The Balaban J connectivity index is 2.82. The van der Waals surface area contributed by atoms with Gasteiger partial charge in [0.2, 0.25) is 0 Å². The molecule has 1 aromatic carbocycles. The Bertz CT molecular complexity index is 382. The number of benzene rings is 1. The van der Waals surface area contributed by atoms with Gasteiger partial charge in [-0.3, -0.25) is 0 Å². The number of unbranched alkanes of at least 4 members (excludes halogenated alkanes) is 1. The molecule has 0 saturated heterocycles. The summed E-state index contributed by atoms with van der Waals surface area (Å²) in [5.41, 5.74) is 2.77. The minimum Gasteiger partial charge on any atom is -0.310 e. The van der Waals surface area contributed by atoms with E-state index < -0.39 is 0 Å². The Kier molecular flexibility index (Phi) is 9.26. The topological polar surface area (TPSA) is 12.0 Å². The predicted octanol–water partition coefficient (Wildman–Crippen LogP) is 6.40. The molecule has 0 aliphatic heterocycles. The second-order valence-corrected chi connectivity index (χ2v) is 7.14. The molecule has 1 N–H and O–H groups in total. The molecule has 0 aromatic heterocycles. The van der Waals surface area contributed by atoms with Crippen LogP contribution in [0.25, 0.3) is 0 Å². The highest BCUT2D eigenvalue weighted by molar-refractivity contribution is 9.10. The Morgan fingerprint density at radius 2 is 1.86 bits per heavy atom. The number of nitrogens with one attached hydrogen (secondary N) is 1. The average Bonchev–Trinajstić information content (AvgIpc) is 2.45. The zero-order valence-electron chi connectivity index (χ0n) is 14.2. The first-order valence-electron chi connectivity index (χ1n) is 8.61. The lowest BCUT2D eigenvalue weighted by atomic mass is 9.88. The molecule has 2 unspecified atom stereocenters. The molecule has 0 aliphatic carbocycles. The van der Waals surface area contributed by atoms with Crippen molar-refractivity contribution in [2.45, 2.75) is 72.3 Å². The lowest BCUT2D eigenvalue weighted by Gasteiger charge is -2.25. The second-order valence-electron chi connectivity index (χ2n) is 6.22. The van der Waals surface area contributed by atoms with Gasteiger partial charge in [0.25, 0.3) is 0 Å². The van der Waals surface area contributed by atoms with E-state index in [4.69, 9.17) is 0 Å². The monoisotopic (exact) mass is 353 g/mol. The molecule has 0 spiro atoms. The Hall–Kier alpha value is -0.340. The fourth-order valence-corrected chi connectivity index (χ4v) is 3.56. The van der Waals surface area contributed by atoms with Gasteiger partial charge in [0.05, 0.1) is 0 Å². The molecule has 0 fully saturated rings. The molecule has 0 aliphatic rings. The number of hydrogen-bond donors (Lipinski definition) is 1. The van der Waals surface area contributed by atoms with Crippen LogP contribution < -0.4 is 5.32 Å². The number of aryl methyl sites for hydroxylation is 1. The van der Waals surface area contributed by atoms with Gasteiger partial charge in [-0.15, -0.1) is 0 Å². The van der Waals surface area contributed by atoms with Crippen LogP contribution in [0.4, 0.5) is 0 Å². The van der Waals surface area contributed by atoms with Crippen LogP contribution in [0.1, 0.15) is 76.5 Å². The third-order valence-corrected chi connectivity index (χ3v) is 4.68. The maximum atomic E-state index is 3.76. The fraction of sp³-hybridized carbons (Fsp3) is 0.684. The van der Waals surface area contributed by atoms with Crippen LogP contribution in [0.3, 0.4) is 0 Å². The normalized spacial score (nSPS) is 14.1. The molecule has 0 saturated carbocycles. The Morgan fingerprint density at radius 1 is 1.10 bits per heavy atom. The first kappa shape index (κ1) is 18.7. The van der Waals surface area contributed by atoms with E-state index >= 15 is 0 Å². The minimum atomic E-state index is 0.489. The Labute approximate surface area is 140 Å². The third kappa shape index (κ3) is 6.97. The molecule has 2 heteroatoms. The van der Waals surface area contributed by atoms with E-state index in [1.807, 2.05) is 0 Å². The van der Waals surface area contributed by atoms with E-state index in [0.717, 1.165) is 12.5 Å².